The van der Waals surface area contributed by atoms with Crippen molar-refractivity contribution in [2.75, 3.05) is 0 Å². The number of fused-ring (bicyclic) bond motifs is 1. The van der Waals surface area contributed by atoms with Crippen molar-refractivity contribution < 1.29 is 0 Å². The van der Waals surface area contributed by atoms with Crippen molar-refractivity contribution in [3.8, 4) is 0 Å². The zero-order valence-corrected chi connectivity index (χ0v) is 9.43. The minimum absolute atomic E-state index is 0.367. The first-order valence-corrected chi connectivity index (χ1v) is 5.70. The predicted molar refractivity (Wildman–Crippen MR) is 58.7 cm³/mol. The van der Waals surface area contributed by atoms with Crippen molar-refractivity contribution in [2.45, 2.75) is 33.1 Å². The molecule has 0 aromatic carbocycles. The molecule has 0 aliphatic rings. The van der Waals surface area contributed by atoms with Gasteiger partial charge in [-0.2, -0.15) is 0 Å². The van der Waals surface area contributed by atoms with Crippen molar-refractivity contribution >= 4 is 21.7 Å². The third-order valence-electron chi connectivity index (χ3n) is 2.13. The summed E-state index contributed by atoms with van der Waals surface area (Å²) in [7, 11) is 0. The van der Waals surface area contributed by atoms with Gasteiger partial charge in [0.1, 0.15) is 5.82 Å². The fourth-order valence-corrected chi connectivity index (χ4v) is 2.13. The molecule has 0 aliphatic heterocycles. The van der Waals surface area contributed by atoms with Gasteiger partial charge in [-0.25, -0.2) is 15.0 Å². The molecule has 14 heavy (non-hydrogen) atoms. The fourth-order valence-electron chi connectivity index (χ4n) is 1.34. The SMILES string of the molecule is CCc1nc(C(C)C)nc2ncsc12. The summed E-state index contributed by atoms with van der Waals surface area (Å²) >= 11 is 1.62. The molecule has 2 aromatic heterocycles. The third kappa shape index (κ3) is 1.50. The Morgan fingerprint density at radius 2 is 2.14 bits per heavy atom. The van der Waals surface area contributed by atoms with Crippen LogP contribution in [0.3, 0.4) is 0 Å². The second kappa shape index (κ2) is 3.61. The maximum atomic E-state index is 4.55. The van der Waals surface area contributed by atoms with E-state index in [1.807, 2.05) is 5.51 Å². The molecule has 2 heterocycles. The predicted octanol–water partition coefficient (Wildman–Crippen LogP) is 2.77. The van der Waals surface area contributed by atoms with Crippen LogP contribution < -0.4 is 0 Å². The lowest BCUT2D eigenvalue weighted by molar-refractivity contribution is 0.769. The van der Waals surface area contributed by atoms with E-state index in [4.69, 9.17) is 0 Å². The standard InChI is InChI=1S/C10H13N3S/c1-4-7-8-10(11-5-14-8)13-9(12-7)6(2)3/h5-6H,4H2,1-3H3. The second-order valence-corrected chi connectivity index (χ2v) is 4.40. The smallest absolute Gasteiger partial charge is 0.174 e. The van der Waals surface area contributed by atoms with Crippen LogP contribution in [0.5, 0.6) is 0 Å². The van der Waals surface area contributed by atoms with Gasteiger partial charge in [-0.05, 0) is 6.42 Å². The van der Waals surface area contributed by atoms with E-state index in [0.717, 1.165) is 28.3 Å². The Hall–Kier alpha value is -1.03. The van der Waals surface area contributed by atoms with Crippen molar-refractivity contribution in [3.63, 3.8) is 0 Å². The van der Waals surface area contributed by atoms with Crippen LogP contribution in [0.15, 0.2) is 5.51 Å². The number of thiazole rings is 1. The summed E-state index contributed by atoms with van der Waals surface area (Å²) in [6.07, 6.45) is 0.945. The van der Waals surface area contributed by atoms with Crippen LogP contribution in [0, 0.1) is 0 Å². The zero-order chi connectivity index (χ0) is 10.1. The first kappa shape index (κ1) is 9.52. The summed E-state index contributed by atoms with van der Waals surface area (Å²) in [6.45, 7) is 6.32. The van der Waals surface area contributed by atoms with E-state index in [1.54, 1.807) is 11.3 Å². The molecule has 0 fully saturated rings. The first-order chi connectivity index (χ1) is 6.72. The molecule has 4 heteroatoms. The topological polar surface area (TPSA) is 38.7 Å². The number of aryl methyl sites for hydroxylation is 1. The van der Waals surface area contributed by atoms with Gasteiger partial charge in [0.2, 0.25) is 0 Å². The number of hydrogen-bond acceptors (Lipinski definition) is 4. The normalized spacial score (nSPS) is 11.4. The fraction of sp³-hybridized carbons (Fsp3) is 0.500. The summed E-state index contributed by atoms with van der Waals surface area (Å²) in [4.78, 5) is 13.2. The summed E-state index contributed by atoms with van der Waals surface area (Å²) in [5.74, 6) is 1.27. The number of aromatic nitrogens is 3. The first-order valence-electron chi connectivity index (χ1n) is 4.82. The molecule has 0 bridgehead atoms. The van der Waals surface area contributed by atoms with Crippen LogP contribution in [0.25, 0.3) is 10.3 Å². The summed E-state index contributed by atoms with van der Waals surface area (Å²) in [5.41, 5.74) is 3.81. The molecule has 0 amide bonds. The van der Waals surface area contributed by atoms with Gasteiger partial charge in [0.05, 0.1) is 15.9 Å². The molecular weight excluding hydrogens is 194 g/mol. The largest absolute Gasteiger partial charge is 0.236 e. The number of hydrogen-bond donors (Lipinski definition) is 0. The van der Waals surface area contributed by atoms with Crippen LogP contribution in [0.4, 0.5) is 0 Å². The van der Waals surface area contributed by atoms with Gasteiger partial charge in [-0.1, -0.05) is 20.8 Å². The molecule has 2 rings (SSSR count). The van der Waals surface area contributed by atoms with Crippen LogP contribution in [0.1, 0.15) is 38.2 Å². The van der Waals surface area contributed by atoms with Crippen molar-refractivity contribution in [1.29, 1.82) is 0 Å². The van der Waals surface area contributed by atoms with Crippen molar-refractivity contribution in [2.24, 2.45) is 0 Å². The minimum Gasteiger partial charge on any atom is -0.236 e. The van der Waals surface area contributed by atoms with Gasteiger partial charge in [0.15, 0.2) is 5.65 Å². The molecule has 0 saturated carbocycles. The lowest BCUT2D eigenvalue weighted by Gasteiger charge is -2.05. The Kier molecular flexibility index (Phi) is 2.46. The molecule has 0 radical (unpaired) electrons. The van der Waals surface area contributed by atoms with Crippen molar-refractivity contribution in [1.82, 2.24) is 15.0 Å². The molecule has 0 aliphatic carbocycles. The van der Waals surface area contributed by atoms with Crippen LogP contribution in [-0.4, -0.2) is 15.0 Å². The van der Waals surface area contributed by atoms with Gasteiger partial charge < -0.3 is 0 Å². The van der Waals surface area contributed by atoms with E-state index in [0.29, 0.717) is 5.92 Å². The van der Waals surface area contributed by atoms with E-state index in [2.05, 4.69) is 35.7 Å². The molecule has 0 atom stereocenters. The van der Waals surface area contributed by atoms with Gasteiger partial charge in [-0.15, -0.1) is 11.3 Å². The van der Waals surface area contributed by atoms with Gasteiger partial charge in [0, 0.05) is 5.92 Å². The van der Waals surface area contributed by atoms with Gasteiger partial charge in [0.25, 0.3) is 0 Å². The van der Waals surface area contributed by atoms with E-state index >= 15 is 0 Å². The molecule has 0 N–H and O–H groups in total. The summed E-state index contributed by atoms with van der Waals surface area (Å²) in [6, 6.07) is 0. The quantitative estimate of drug-likeness (QED) is 0.760. The zero-order valence-electron chi connectivity index (χ0n) is 8.61. The Bertz CT molecular complexity index is 448. The van der Waals surface area contributed by atoms with E-state index in [1.165, 1.54) is 0 Å². The van der Waals surface area contributed by atoms with Crippen LogP contribution >= 0.6 is 11.3 Å². The summed E-state index contributed by atoms with van der Waals surface area (Å²) in [5, 5.41) is 0. The Balaban J connectivity index is 2.67. The molecule has 0 spiro atoms. The highest BCUT2D eigenvalue weighted by atomic mass is 32.1. The Morgan fingerprint density at radius 1 is 1.36 bits per heavy atom. The average Bonchev–Trinajstić information content (AvgIpc) is 2.63. The Morgan fingerprint density at radius 3 is 2.79 bits per heavy atom. The van der Waals surface area contributed by atoms with E-state index < -0.39 is 0 Å². The van der Waals surface area contributed by atoms with Crippen LogP contribution in [0.2, 0.25) is 0 Å². The lowest BCUT2D eigenvalue weighted by Crippen LogP contribution is -2.01. The number of nitrogens with zero attached hydrogens (tertiary/aromatic N) is 3. The highest BCUT2D eigenvalue weighted by Gasteiger charge is 2.10. The molecule has 0 unspecified atom stereocenters. The van der Waals surface area contributed by atoms with Gasteiger partial charge in [-0.3, -0.25) is 0 Å². The molecule has 74 valence electrons. The molecular formula is C10H13N3S. The maximum absolute atomic E-state index is 4.55. The molecule has 2 aromatic rings. The lowest BCUT2D eigenvalue weighted by atomic mass is 10.2. The van der Waals surface area contributed by atoms with Gasteiger partial charge >= 0.3 is 0 Å². The summed E-state index contributed by atoms with van der Waals surface area (Å²) < 4.78 is 1.14. The highest BCUT2D eigenvalue weighted by Crippen LogP contribution is 2.22. The van der Waals surface area contributed by atoms with Crippen LogP contribution in [-0.2, 0) is 6.42 Å². The monoisotopic (exact) mass is 207 g/mol. The third-order valence-corrected chi connectivity index (χ3v) is 3.00. The van der Waals surface area contributed by atoms with E-state index in [9.17, 15) is 0 Å². The second-order valence-electron chi connectivity index (χ2n) is 3.54. The van der Waals surface area contributed by atoms with E-state index in [-0.39, 0.29) is 0 Å². The Labute approximate surface area is 87.2 Å². The molecule has 3 nitrogen and oxygen atoms in total. The number of rotatable bonds is 2. The minimum atomic E-state index is 0.367. The average molecular weight is 207 g/mol. The highest BCUT2D eigenvalue weighted by molar-refractivity contribution is 7.16. The maximum Gasteiger partial charge on any atom is 0.174 e. The van der Waals surface area contributed by atoms with Crippen molar-refractivity contribution in [3.05, 3.63) is 17.0 Å². The molecule has 0 saturated heterocycles.